The Morgan fingerprint density at radius 1 is 1.56 bits per heavy atom. The van der Waals surface area contributed by atoms with Gasteiger partial charge in [-0.05, 0) is 19.9 Å². The number of esters is 1. The number of hydrogen-bond acceptors (Lipinski definition) is 6. The van der Waals surface area contributed by atoms with Crippen LogP contribution < -0.4 is 4.90 Å². The third-order valence-corrected chi connectivity index (χ3v) is 2.32. The molecule has 0 unspecified atom stereocenters. The van der Waals surface area contributed by atoms with Gasteiger partial charge in [0.2, 0.25) is 0 Å². The van der Waals surface area contributed by atoms with E-state index in [-0.39, 0.29) is 18.8 Å². The van der Waals surface area contributed by atoms with Crippen LogP contribution in [0.2, 0.25) is 0 Å². The fourth-order valence-electron chi connectivity index (χ4n) is 1.52. The van der Waals surface area contributed by atoms with Gasteiger partial charge in [-0.25, -0.2) is 0 Å². The highest BCUT2D eigenvalue weighted by Crippen LogP contribution is 2.26. The first-order valence-electron chi connectivity index (χ1n) is 5.59. The molecule has 7 nitrogen and oxygen atoms in total. The fraction of sp³-hybridized carbons (Fsp3) is 0.455. The van der Waals surface area contributed by atoms with Crippen LogP contribution in [0.1, 0.15) is 13.8 Å². The molecule has 0 aromatic carbocycles. The quantitative estimate of drug-likeness (QED) is 0.432. The predicted octanol–water partition coefficient (Wildman–Crippen LogP) is 1.38. The lowest BCUT2D eigenvalue weighted by atomic mass is 10.3. The van der Waals surface area contributed by atoms with Crippen molar-refractivity contribution in [1.29, 1.82) is 0 Å². The number of rotatable bonds is 6. The van der Waals surface area contributed by atoms with Crippen LogP contribution in [0.4, 0.5) is 11.4 Å². The number of pyridine rings is 1. The summed E-state index contributed by atoms with van der Waals surface area (Å²) < 4.78 is 4.83. The van der Waals surface area contributed by atoms with Gasteiger partial charge in [-0.2, -0.15) is 0 Å². The number of aromatic nitrogens is 1. The summed E-state index contributed by atoms with van der Waals surface area (Å²) in [6, 6.07) is 1.51. The molecule has 0 amide bonds. The van der Waals surface area contributed by atoms with Gasteiger partial charge in [0, 0.05) is 12.7 Å². The summed E-state index contributed by atoms with van der Waals surface area (Å²) >= 11 is 0. The highest BCUT2D eigenvalue weighted by atomic mass is 16.6. The topological polar surface area (TPSA) is 85.6 Å². The van der Waals surface area contributed by atoms with Gasteiger partial charge in [-0.15, -0.1) is 0 Å². The van der Waals surface area contributed by atoms with Gasteiger partial charge in [-0.1, -0.05) is 0 Å². The molecular weight excluding hydrogens is 238 g/mol. The fourth-order valence-corrected chi connectivity index (χ4v) is 1.52. The highest BCUT2D eigenvalue weighted by molar-refractivity contribution is 5.77. The van der Waals surface area contributed by atoms with Gasteiger partial charge in [0.15, 0.2) is 0 Å². The SMILES string of the molecule is CCOC(=O)CN(CC)c1ccncc1[N+](=O)[O-]. The molecule has 0 radical (unpaired) electrons. The standard InChI is InChI=1S/C11H15N3O4/c1-3-13(8-11(15)18-4-2)9-5-6-12-7-10(9)14(16)17/h5-7H,3-4,8H2,1-2H3. The molecule has 7 heteroatoms. The second-order valence-electron chi connectivity index (χ2n) is 3.44. The van der Waals surface area contributed by atoms with Gasteiger partial charge in [0.05, 0.1) is 11.5 Å². The van der Waals surface area contributed by atoms with Crippen molar-refractivity contribution in [2.75, 3.05) is 24.6 Å². The van der Waals surface area contributed by atoms with Crippen molar-refractivity contribution in [3.63, 3.8) is 0 Å². The molecule has 1 aromatic heterocycles. The zero-order chi connectivity index (χ0) is 13.5. The molecule has 0 aliphatic rings. The third kappa shape index (κ3) is 3.41. The van der Waals surface area contributed by atoms with E-state index >= 15 is 0 Å². The van der Waals surface area contributed by atoms with Crippen molar-refractivity contribution in [3.8, 4) is 0 Å². The Labute approximate surface area is 105 Å². The van der Waals surface area contributed by atoms with Crippen LogP contribution in [0.15, 0.2) is 18.5 Å². The summed E-state index contributed by atoms with van der Waals surface area (Å²) in [6.07, 6.45) is 2.62. The lowest BCUT2D eigenvalue weighted by Crippen LogP contribution is -2.31. The zero-order valence-corrected chi connectivity index (χ0v) is 10.3. The molecule has 18 heavy (non-hydrogen) atoms. The lowest BCUT2D eigenvalue weighted by Gasteiger charge is -2.21. The molecule has 0 bridgehead atoms. The van der Waals surface area contributed by atoms with Gasteiger partial charge in [0.25, 0.3) is 0 Å². The summed E-state index contributed by atoms with van der Waals surface area (Å²) in [4.78, 5) is 27.1. The van der Waals surface area contributed by atoms with Crippen molar-refractivity contribution in [1.82, 2.24) is 4.98 Å². The average molecular weight is 253 g/mol. The second-order valence-corrected chi connectivity index (χ2v) is 3.44. The average Bonchev–Trinajstić information content (AvgIpc) is 2.36. The van der Waals surface area contributed by atoms with Gasteiger partial charge >= 0.3 is 11.7 Å². The maximum absolute atomic E-state index is 11.4. The van der Waals surface area contributed by atoms with Gasteiger partial charge in [0.1, 0.15) is 18.4 Å². The Kier molecular flexibility index (Phi) is 5.04. The van der Waals surface area contributed by atoms with Crippen molar-refractivity contribution >= 4 is 17.3 Å². The predicted molar refractivity (Wildman–Crippen MR) is 65.4 cm³/mol. The minimum Gasteiger partial charge on any atom is -0.465 e. The Bertz CT molecular complexity index is 436. The highest BCUT2D eigenvalue weighted by Gasteiger charge is 2.20. The minimum absolute atomic E-state index is 0.0187. The molecule has 0 N–H and O–H groups in total. The maximum atomic E-state index is 11.4. The van der Waals surface area contributed by atoms with Crippen molar-refractivity contribution in [2.24, 2.45) is 0 Å². The van der Waals surface area contributed by atoms with Crippen molar-refractivity contribution < 1.29 is 14.5 Å². The van der Waals surface area contributed by atoms with Gasteiger partial charge < -0.3 is 9.64 Å². The number of nitrogens with zero attached hydrogens (tertiary/aromatic N) is 3. The molecule has 0 fully saturated rings. The van der Waals surface area contributed by atoms with Crippen LogP contribution in [0.3, 0.4) is 0 Å². The Hall–Kier alpha value is -2.18. The van der Waals surface area contributed by atoms with Crippen LogP contribution in [-0.4, -0.2) is 35.6 Å². The van der Waals surface area contributed by atoms with E-state index in [4.69, 9.17) is 4.74 Å². The lowest BCUT2D eigenvalue weighted by molar-refractivity contribution is -0.384. The smallest absolute Gasteiger partial charge is 0.325 e. The van der Waals surface area contributed by atoms with Crippen LogP contribution in [0.5, 0.6) is 0 Å². The van der Waals surface area contributed by atoms with Crippen molar-refractivity contribution in [3.05, 3.63) is 28.6 Å². The summed E-state index contributed by atoms with van der Waals surface area (Å²) in [5.41, 5.74) is 0.245. The number of carbonyl (C=O) groups is 1. The summed E-state index contributed by atoms with van der Waals surface area (Å²) in [7, 11) is 0. The molecule has 0 aliphatic heterocycles. The van der Waals surface area contributed by atoms with E-state index < -0.39 is 10.9 Å². The number of nitro groups is 1. The summed E-state index contributed by atoms with van der Waals surface area (Å²) in [5, 5.41) is 10.9. The molecule has 0 saturated heterocycles. The Balaban J connectivity index is 2.94. The molecule has 0 spiro atoms. The number of ether oxygens (including phenoxy) is 1. The Morgan fingerprint density at radius 3 is 2.83 bits per heavy atom. The van der Waals surface area contributed by atoms with Crippen LogP contribution in [-0.2, 0) is 9.53 Å². The molecule has 1 rings (SSSR count). The van der Waals surface area contributed by atoms with E-state index in [9.17, 15) is 14.9 Å². The van der Waals surface area contributed by atoms with Crippen LogP contribution in [0.25, 0.3) is 0 Å². The first-order valence-corrected chi connectivity index (χ1v) is 5.59. The number of likely N-dealkylation sites (N-methyl/N-ethyl adjacent to an activating group) is 1. The monoisotopic (exact) mass is 253 g/mol. The van der Waals surface area contributed by atoms with E-state index in [1.807, 2.05) is 6.92 Å². The first-order chi connectivity index (χ1) is 8.60. The largest absolute Gasteiger partial charge is 0.465 e. The molecule has 0 atom stereocenters. The van der Waals surface area contributed by atoms with Crippen LogP contribution in [0, 0.1) is 10.1 Å². The van der Waals surface area contributed by atoms with Crippen LogP contribution >= 0.6 is 0 Å². The molecular formula is C11H15N3O4. The number of anilines is 1. The number of hydrogen-bond donors (Lipinski definition) is 0. The van der Waals surface area contributed by atoms with E-state index in [1.54, 1.807) is 11.8 Å². The minimum atomic E-state index is -0.518. The molecule has 0 aliphatic carbocycles. The number of carbonyl (C=O) groups excluding carboxylic acids is 1. The molecule has 98 valence electrons. The van der Waals surface area contributed by atoms with E-state index in [0.717, 1.165) is 0 Å². The zero-order valence-electron chi connectivity index (χ0n) is 10.3. The molecule has 1 heterocycles. The third-order valence-electron chi connectivity index (χ3n) is 2.32. The van der Waals surface area contributed by atoms with Crippen molar-refractivity contribution in [2.45, 2.75) is 13.8 Å². The van der Waals surface area contributed by atoms with E-state index in [2.05, 4.69) is 4.98 Å². The molecule has 0 saturated carbocycles. The van der Waals surface area contributed by atoms with Gasteiger partial charge in [-0.3, -0.25) is 19.9 Å². The summed E-state index contributed by atoms with van der Waals surface area (Å²) in [5.74, 6) is -0.412. The first kappa shape index (κ1) is 13.9. The maximum Gasteiger partial charge on any atom is 0.325 e. The van der Waals surface area contributed by atoms with E-state index in [0.29, 0.717) is 12.2 Å². The summed E-state index contributed by atoms with van der Waals surface area (Å²) in [6.45, 7) is 4.25. The molecule has 1 aromatic rings. The Morgan fingerprint density at radius 2 is 2.28 bits per heavy atom. The van der Waals surface area contributed by atoms with E-state index in [1.165, 1.54) is 18.5 Å². The second kappa shape index (κ2) is 6.53. The normalized spacial score (nSPS) is 9.89.